The number of anilines is 1. The second kappa shape index (κ2) is 6.38. The fourth-order valence-corrected chi connectivity index (χ4v) is 2.88. The standard InChI is InChI=1S/C20H15N3O4/c24-15-7-5-14(6-8-15)23-18(26)9-4-12-10-17(22-19(12)23)20(27)21-13-2-1-3-16(25)11-13/h1-11,22,24-25H,(H,21,27). The van der Waals surface area contributed by atoms with E-state index in [0.717, 1.165) is 0 Å². The van der Waals surface area contributed by atoms with Gasteiger partial charge < -0.3 is 20.5 Å². The number of pyridine rings is 1. The summed E-state index contributed by atoms with van der Waals surface area (Å²) < 4.78 is 1.43. The molecule has 0 spiro atoms. The average molecular weight is 361 g/mol. The summed E-state index contributed by atoms with van der Waals surface area (Å²) in [4.78, 5) is 27.9. The van der Waals surface area contributed by atoms with E-state index < -0.39 is 5.91 Å². The maximum Gasteiger partial charge on any atom is 0.272 e. The third kappa shape index (κ3) is 3.13. The van der Waals surface area contributed by atoms with E-state index in [4.69, 9.17) is 0 Å². The van der Waals surface area contributed by atoms with Crippen LogP contribution in [-0.2, 0) is 0 Å². The molecule has 27 heavy (non-hydrogen) atoms. The summed E-state index contributed by atoms with van der Waals surface area (Å²) in [6.07, 6.45) is 0. The van der Waals surface area contributed by atoms with Gasteiger partial charge in [-0.1, -0.05) is 6.07 Å². The first-order valence-electron chi connectivity index (χ1n) is 8.16. The van der Waals surface area contributed by atoms with Crippen molar-refractivity contribution in [2.75, 3.05) is 5.32 Å². The molecule has 0 aliphatic rings. The monoisotopic (exact) mass is 361 g/mol. The van der Waals surface area contributed by atoms with Crippen LogP contribution >= 0.6 is 0 Å². The number of rotatable bonds is 3. The van der Waals surface area contributed by atoms with E-state index in [2.05, 4.69) is 10.3 Å². The topological polar surface area (TPSA) is 107 Å². The zero-order valence-corrected chi connectivity index (χ0v) is 14.0. The highest BCUT2D eigenvalue weighted by Gasteiger charge is 2.14. The number of nitrogens with zero attached hydrogens (tertiary/aromatic N) is 1. The van der Waals surface area contributed by atoms with Crippen molar-refractivity contribution in [3.05, 3.63) is 82.8 Å². The lowest BCUT2D eigenvalue weighted by atomic mass is 10.2. The molecule has 2 aromatic heterocycles. The lowest BCUT2D eigenvalue weighted by Crippen LogP contribution is -2.17. The predicted molar refractivity (Wildman–Crippen MR) is 102 cm³/mol. The van der Waals surface area contributed by atoms with Gasteiger partial charge in [-0.25, -0.2) is 0 Å². The number of H-pyrrole nitrogens is 1. The maximum atomic E-state index is 12.5. The first kappa shape index (κ1) is 16.5. The second-order valence-corrected chi connectivity index (χ2v) is 6.01. The summed E-state index contributed by atoms with van der Waals surface area (Å²) in [5.74, 6) is -0.260. The number of fused-ring (bicyclic) bond motifs is 1. The number of aromatic amines is 1. The van der Waals surface area contributed by atoms with Crippen molar-refractivity contribution in [3.63, 3.8) is 0 Å². The molecule has 7 nitrogen and oxygen atoms in total. The van der Waals surface area contributed by atoms with Crippen LogP contribution in [0.1, 0.15) is 10.5 Å². The van der Waals surface area contributed by atoms with Gasteiger partial charge in [0, 0.05) is 23.2 Å². The van der Waals surface area contributed by atoms with Crippen LogP contribution in [0.2, 0.25) is 0 Å². The summed E-state index contributed by atoms with van der Waals surface area (Å²) in [7, 11) is 0. The Morgan fingerprint density at radius 3 is 2.44 bits per heavy atom. The maximum absolute atomic E-state index is 12.5. The Balaban J connectivity index is 1.76. The van der Waals surface area contributed by atoms with Crippen molar-refractivity contribution in [1.82, 2.24) is 9.55 Å². The fraction of sp³-hybridized carbons (Fsp3) is 0. The highest BCUT2D eigenvalue weighted by Crippen LogP contribution is 2.21. The number of nitrogens with one attached hydrogen (secondary N) is 2. The summed E-state index contributed by atoms with van der Waals surface area (Å²) in [5.41, 5.74) is 1.48. The van der Waals surface area contributed by atoms with Crippen LogP contribution in [0, 0.1) is 0 Å². The Morgan fingerprint density at radius 2 is 1.70 bits per heavy atom. The number of amides is 1. The van der Waals surface area contributed by atoms with E-state index in [1.165, 1.54) is 34.9 Å². The molecule has 2 aromatic carbocycles. The number of hydrogen-bond donors (Lipinski definition) is 4. The van der Waals surface area contributed by atoms with E-state index in [9.17, 15) is 19.8 Å². The summed E-state index contributed by atoms with van der Waals surface area (Å²) >= 11 is 0. The van der Waals surface area contributed by atoms with Gasteiger partial charge in [0.1, 0.15) is 22.8 Å². The number of benzene rings is 2. The van der Waals surface area contributed by atoms with Gasteiger partial charge in [-0.15, -0.1) is 0 Å². The molecule has 134 valence electrons. The average Bonchev–Trinajstić information content (AvgIpc) is 3.07. The number of phenolic OH excluding ortho intramolecular Hbond substituents is 2. The van der Waals surface area contributed by atoms with Crippen LogP contribution in [0.4, 0.5) is 5.69 Å². The van der Waals surface area contributed by atoms with Gasteiger partial charge in [-0.05, 0) is 48.5 Å². The summed E-state index contributed by atoms with van der Waals surface area (Å²) in [6.45, 7) is 0. The molecule has 0 saturated heterocycles. The normalized spacial score (nSPS) is 10.8. The van der Waals surface area contributed by atoms with Crippen molar-refractivity contribution in [2.24, 2.45) is 0 Å². The summed E-state index contributed by atoms with van der Waals surface area (Å²) in [6, 6.07) is 17.1. The first-order valence-corrected chi connectivity index (χ1v) is 8.16. The van der Waals surface area contributed by atoms with Gasteiger partial charge in [-0.3, -0.25) is 14.2 Å². The minimum absolute atomic E-state index is 0.0469. The lowest BCUT2D eigenvalue weighted by Gasteiger charge is -2.07. The Labute approximate surface area is 153 Å². The molecule has 0 saturated carbocycles. The SMILES string of the molecule is O=C(Nc1cccc(O)c1)c1cc2ccc(=O)n(-c3ccc(O)cc3)c2[nH]1. The number of aromatic hydroxyl groups is 2. The van der Waals surface area contributed by atoms with Crippen LogP contribution in [-0.4, -0.2) is 25.7 Å². The van der Waals surface area contributed by atoms with E-state index in [0.29, 0.717) is 22.4 Å². The molecule has 4 N–H and O–H groups in total. The van der Waals surface area contributed by atoms with Gasteiger partial charge >= 0.3 is 0 Å². The number of phenols is 2. The van der Waals surface area contributed by atoms with Gasteiger partial charge in [0.2, 0.25) is 0 Å². The molecule has 0 aliphatic heterocycles. The van der Waals surface area contributed by atoms with Gasteiger partial charge in [-0.2, -0.15) is 0 Å². The Morgan fingerprint density at radius 1 is 0.926 bits per heavy atom. The number of carbonyl (C=O) groups excluding carboxylic acids is 1. The molecule has 0 radical (unpaired) electrons. The Kier molecular flexibility index (Phi) is 3.89. The molecule has 4 rings (SSSR count). The Hall–Kier alpha value is -4.00. The highest BCUT2D eigenvalue weighted by molar-refractivity contribution is 6.05. The molecular weight excluding hydrogens is 346 g/mol. The van der Waals surface area contributed by atoms with E-state index in [1.54, 1.807) is 36.4 Å². The van der Waals surface area contributed by atoms with Crippen LogP contribution in [0.5, 0.6) is 11.5 Å². The smallest absolute Gasteiger partial charge is 0.272 e. The second-order valence-electron chi connectivity index (χ2n) is 6.01. The van der Waals surface area contributed by atoms with Crippen molar-refractivity contribution >= 4 is 22.6 Å². The zero-order chi connectivity index (χ0) is 19.0. The molecule has 0 atom stereocenters. The van der Waals surface area contributed by atoms with E-state index in [-0.39, 0.29) is 22.8 Å². The van der Waals surface area contributed by atoms with Crippen LogP contribution in [0.3, 0.4) is 0 Å². The molecule has 0 aliphatic carbocycles. The first-order chi connectivity index (χ1) is 13.0. The lowest BCUT2D eigenvalue weighted by molar-refractivity contribution is 0.102. The largest absolute Gasteiger partial charge is 0.508 e. The van der Waals surface area contributed by atoms with Crippen molar-refractivity contribution in [1.29, 1.82) is 0 Å². The Bertz CT molecular complexity index is 1210. The minimum atomic E-state index is -0.401. The molecular formula is C20H15N3O4. The van der Waals surface area contributed by atoms with Crippen molar-refractivity contribution < 1.29 is 15.0 Å². The van der Waals surface area contributed by atoms with Crippen LogP contribution < -0.4 is 10.9 Å². The minimum Gasteiger partial charge on any atom is -0.508 e. The third-order valence-corrected chi connectivity index (χ3v) is 4.13. The molecule has 1 amide bonds. The molecule has 7 heteroatoms. The quantitative estimate of drug-likeness (QED) is 0.450. The molecule has 0 bridgehead atoms. The molecule has 4 aromatic rings. The number of carbonyl (C=O) groups is 1. The van der Waals surface area contributed by atoms with Crippen molar-refractivity contribution in [2.45, 2.75) is 0 Å². The molecule has 0 unspecified atom stereocenters. The third-order valence-electron chi connectivity index (χ3n) is 4.13. The highest BCUT2D eigenvalue weighted by atomic mass is 16.3. The van der Waals surface area contributed by atoms with E-state index >= 15 is 0 Å². The van der Waals surface area contributed by atoms with Crippen LogP contribution in [0.15, 0.2) is 71.5 Å². The van der Waals surface area contributed by atoms with Gasteiger partial charge in [0.05, 0.1) is 5.69 Å². The summed E-state index contributed by atoms with van der Waals surface area (Å²) in [5, 5.41) is 22.3. The zero-order valence-electron chi connectivity index (χ0n) is 14.0. The number of aromatic nitrogens is 2. The van der Waals surface area contributed by atoms with Crippen molar-refractivity contribution in [3.8, 4) is 17.2 Å². The molecule has 0 fully saturated rings. The fourth-order valence-electron chi connectivity index (χ4n) is 2.88. The number of hydrogen-bond acceptors (Lipinski definition) is 4. The van der Waals surface area contributed by atoms with Gasteiger partial charge in [0.15, 0.2) is 0 Å². The van der Waals surface area contributed by atoms with E-state index in [1.807, 2.05) is 0 Å². The molecule has 2 heterocycles. The van der Waals surface area contributed by atoms with Gasteiger partial charge in [0.25, 0.3) is 11.5 Å². The van der Waals surface area contributed by atoms with Crippen LogP contribution in [0.25, 0.3) is 16.7 Å². The predicted octanol–water partition coefficient (Wildman–Crippen LogP) is 2.98.